The van der Waals surface area contributed by atoms with Crippen molar-refractivity contribution >= 4 is 52.1 Å². The molecule has 0 saturated heterocycles. The van der Waals surface area contributed by atoms with E-state index < -0.39 is 12.1 Å². The van der Waals surface area contributed by atoms with Gasteiger partial charge in [0.25, 0.3) is 0 Å². The summed E-state index contributed by atoms with van der Waals surface area (Å²) >= 11 is 17.4. The fourth-order valence-corrected chi connectivity index (χ4v) is 3.81. The zero-order valence-corrected chi connectivity index (χ0v) is 18.1. The molecule has 1 aliphatic carbocycles. The van der Waals surface area contributed by atoms with Crippen LogP contribution in [0.5, 0.6) is 0 Å². The molecule has 3 rings (SSSR count). The molecule has 2 aromatic rings. The summed E-state index contributed by atoms with van der Waals surface area (Å²) in [6, 6.07) is 16.5. The third-order valence-electron chi connectivity index (χ3n) is 5.14. The summed E-state index contributed by atoms with van der Waals surface area (Å²) in [4.78, 5) is 12.6. The van der Waals surface area contributed by atoms with E-state index in [-0.39, 0.29) is 21.7 Å². The Morgan fingerprint density at radius 2 is 1.90 bits per heavy atom. The average Bonchev–Trinajstić information content (AvgIpc) is 3.21. The Labute approximate surface area is 185 Å². The van der Waals surface area contributed by atoms with Crippen molar-refractivity contribution in [1.82, 2.24) is 0 Å². The molecule has 0 heterocycles. The Morgan fingerprint density at radius 3 is 2.52 bits per heavy atom. The van der Waals surface area contributed by atoms with E-state index in [4.69, 9.17) is 39.5 Å². The first kappa shape index (κ1) is 21.5. The van der Waals surface area contributed by atoms with E-state index in [1.165, 1.54) is 0 Å². The predicted octanol–water partition coefficient (Wildman–Crippen LogP) is 6.78. The normalized spacial score (nSPS) is 20.1. The Hall–Kier alpha value is -2.19. The zero-order chi connectivity index (χ0) is 21.2. The molecular formula is C22H19Cl3N2O2. The van der Waals surface area contributed by atoms with E-state index in [0.29, 0.717) is 10.6 Å². The van der Waals surface area contributed by atoms with Gasteiger partial charge in [0.2, 0.25) is 6.10 Å². The Bertz CT molecular complexity index is 976. The topological polar surface area (TPSA) is 62.1 Å². The van der Waals surface area contributed by atoms with Crippen molar-refractivity contribution in [3.63, 3.8) is 0 Å². The van der Waals surface area contributed by atoms with E-state index in [9.17, 15) is 10.1 Å². The number of nitriles is 1. The Kier molecular flexibility index (Phi) is 6.43. The molecule has 1 N–H and O–H groups in total. The first-order chi connectivity index (χ1) is 13.7. The Morgan fingerprint density at radius 1 is 1.21 bits per heavy atom. The van der Waals surface area contributed by atoms with Crippen LogP contribution < -0.4 is 5.32 Å². The maximum absolute atomic E-state index is 12.6. The van der Waals surface area contributed by atoms with Crippen LogP contribution in [0.2, 0.25) is 5.02 Å². The van der Waals surface area contributed by atoms with Gasteiger partial charge in [0.05, 0.1) is 5.92 Å². The SMILES string of the molecule is CC1(C)C(C=C(Cl)Cl)C1C(=O)OC(C#N)c1cccc(Nc2ccc(Cl)cc2)c1. The third-order valence-corrected chi connectivity index (χ3v) is 5.65. The summed E-state index contributed by atoms with van der Waals surface area (Å²) in [6.45, 7) is 3.88. The van der Waals surface area contributed by atoms with Crippen LogP contribution in [0.25, 0.3) is 0 Å². The molecule has 1 aliphatic rings. The van der Waals surface area contributed by atoms with Crippen LogP contribution in [0.15, 0.2) is 59.1 Å². The minimum atomic E-state index is -1.01. The largest absolute Gasteiger partial charge is 0.442 e. The lowest BCUT2D eigenvalue weighted by molar-refractivity contribution is -0.149. The van der Waals surface area contributed by atoms with Crippen LogP contribution in [0.3, 0.4) is 0 Å². The summed E-state index contributed by atoms with van der Waals surface area (Å²) in [5.74, 6) is -0.938. The lowest BCUT2D eigenvalue weighted by Gasteiger charge is -2.14. The summed E-state index contributed by atoms with van der Waals surface area (Å²) in [7, 11) is 0. The molecular weight excluding hydrogens is 431 g/mol. The maximum Gasteiger partial charge on any atom is 0.311 e. The number of nitrogens with one attached hydrogen (secondary N) is 1. The fourth-order valence-electron chi connectivity index (χ4n) is 3.41. The lowest BCUT2D eigenvalue weighted by atomic mass is 10.1. The highest BCUT2D eigenvalue weighted by Gasteiger charge is 2.62. The minimum Gasteiger partial charge on any atom is -0.442 e. The predicted molar refractivity (Wildman–Crippen MR) is 116 cm³/mol. The minimum absolute atomic E-state index is 0.114. The van der Waals surface area contributed by atoms with Gasteiger partial charge in [-0.15, -0.1) is 0 Å². The average molecular weight is 450 g/mol. The number of rotatable bonds is 6. The number of hydrogen-bond donors (Lipinski definition) is 1. The van der Waals surface area contributed by atoms with Gasteiger partial charge in [-0.25, -0.2) is 0 Å². The van der Waals surface area contributed by atoms with Gasteiger partial charge in [-0.2, -0.15) is 5.26 Å². The fraction of sp³-hybridized carbons (Fsp3) is 0.273. The number of esters is 1. The van der Waals surface area contributed by atoms with Crippen LogP contribution in [0.4, 0.5) is 11.4 Å². The van der Waals surface area contributed by atoms with Gasteiger partial charge in [0.15, 0.2) is 0 Å². The standard InChI is InChI=1S/C22H19Cl3N2O2/c1-22(2)17(11-19(24)25)20(22)21(28)29-18(12-26)13-4-3-5-16(10-13)27-15-8-6-14(23)7-9-15/h3-11,17-18,20,27H,1-2H3. The van der Waals surface area contributed by atoms with Gasteiger partial charge in [0, 0.05) is 22.0 Å². The molecule has 0 bridgehead atoms. The number of nitrogens with zero attached hydrogens (tertiary/aromatic N) is 1. The summed E-state index contributed by atoms with van der Waals surface area (Å²) < 4.78 is 5.64. The van der Waals surface area contributed by atoms with E-state index in [1.54, 1.807) is 36.4 Å². The zero-order valence-electron chi connectivity index (χ0n) is 15.8. The van der Waals surface area contributed by atoms with Gasteiger partial charge in [-0.05, 0) is 53.8 Å². The van der Waals surface area contributed by atoms with Crippen LogP contribution in [0.1, 0.15) is 25.5 Å². The number of benzene rings is 2. The second-order valence-electron chi connectivity index (χ2n) is 7.48. The van der Waals surface area contributed by atoms with Gasteiger partial charge in [-0.3, -0.25) is 4.79 Å². The highest BCUT2D eigenvalue weighted by atomic mass is 35.5. The smallest absolute Gasteiger partial charge is 0.311 e. The van der Waals surface area contributed by atoms with Gasteiger partial charge in [-0.1, -0.05) is 60.8 Å². The number of ether oxygens (including phenoxy) is 1. The summed E-state index contributed by atoms with van der Waals surface area (Å²) in [6.07, 6.45) is 0.634. The molecule has 1 saturated carbocycles. The van der Waals surface area contributed by atoms with Crippen LogP contribution in [0, 0.1) is 28.6 Å². The molecule has 7 heteroatoms. The number of carbonyl (C=O) groups excluding carboxylic acids is 1. The van der Waals surface area contributed by atoms with Crippen molar-refractivity contribution in [3.8, 4) is 6.07 Å². The van der Waals surface area contributed by atoms with Crippen LogP contribution >= 0.6 is 34.8 Å². The molecule has 3 unspecified atom stereocenters. The van der Waals surface area contributed by atoms with Crippen LogP contribution in [-0.2, 0) is 9.53 Å². The number of allylic oxidation sites excluding steroid dienone is 1. The second-order valence-corrected chi connectivity index (χ2v) is 8.93. The first-order valence-corrected chi connectivity index (χ1v) is 10.1. The van der Waals surface area contributed by atoms with Gasteiger partial charge < -0.3 is 10.1 Å². The highest BCUT2D eigenvalue weighted by molar-refractivity contribution is 6.55. The maximum atomic E-state index is 12.6. The number of halogens is 3. The third kappa shape index (κ3) is 5.05. The number of anilines is 2. The first-order valence-electron chi connectivity index (χ1n) is 8.98. The molecule has 0 aromatic heterocycles. The monoisotopic (exact) mass is 448 g/mol. The molecule has 0 spiro atoms. The van der Waals surface area contributed by atoms with Gasteiger partial charge in [0.1, 0.15) is 10.6 Å². The molecule has 0 aliphatic heterocycles. The van der Waals surface area contributed by atoms with Crippen molar-refractivity contribution in [1.29, 1.82) is 5.26 Å². The molecule has 29 heavy (non-hydrogen) atoms. The molecule has 2 aromatic carbocycles. The highest BCUT2D eigenvalue weighted by Crippen LogP contribution is 2.60. The van der Waals surface area contributed by atoms with E-state index >= 15 is 0 Å². The van der Waals surface area contributed by atoms with Crippen molar-refractivity contribution in [3.05, 3.63) is 69.7 Å². The molecule has 0 amide bonds. The van der Waals surface area contributed by atoms with Crippen molar-refractivity contribution in [2.75, 3.05) is 5.32 Å². The van der Waals surface area contributed by atoms with Crippen molar-refractivity contribution in [2.24, 2.45) is 17.3 Å². The quantitative estimate of drug-likeness (QED) is 0.494. The molecule has 3 atom stereocenters. The molecule has 150 valence electrons. The van der Waals surface area contributed by atoms with E-state index in [2.05, 4.69) is 11.4 Å². The van der Waals surface area contributed by atoms with E-state index in [0.717, 1.165) is 11.4 Å². The van der Waals surface area contributed by atoms with Crippen molar-refractivity contribution < 1.29 is 9.53 Å². The number of carbonyl (C=O) groups is 1. The Balaban J connectivity index is 1.72. The van der Waals surface area contributed by atoms with Gasteiger partial charge >= 0.3 is 5.97 Å². The summed E-state index contributed by atoms with van der Waals surface area (Å²) in [5.41, 5.74) is 1.89. The second kappa shape index (κ2) is 8.67. The molecule has 1 fully saturated rings. The molecule has 0 radical (unpaired) electrons. The van der Waals surface area contributed by atoms with E-state index in [1.807, 2.05) is 32.0 Å². The lowest BCUT2D eigenvalue weighted by Crippen LogP contribution is -2.14. The van der Waals surface area contributed by atoms with Crippen LogP contribution in [-0.4, -0.2) is 5.97 Å². The molecule has 4 nitrogen and oxygen atoms in total. The van der Waals surface area contributed by atoms with Crippen molar-refractivity contribution in [2.45, 2.75) is 20.0 Å². The summed E-state index contributed by atoms with van der Waals surface area (Å²) in [5, 5.41) is 13.4. The number of hydrogen-bond acceptors (Lipinski definition) is 4.